The molecular formula is C21H25N7O3. The van der Waals surface area contributed by atoms with Gasteiger partial charge in [-0.2, -0.15) is 5.10 Å². The van der Waals surface area contributed by atoms with Crippen LogP contribution in [0.4, 0.5) is 5.82 Å². The number of hydrogen-bond acceptors (Lipinski definition) is 8. The Labute approximate surface area is 180 Å². The van der Waals surface area contributed by atoms with Crippen molar-refractivity contribution < 1.29 is 14.3 Å². The molecule has 0 N–H and O–H groups in total. The molecule has 1 aromatic carbocycles. The van der Waals surface area contributed by atoms with Crippen LogP contribution in [0.1, 0.15) is 13.8 Å². The highest BCUT2D eigenvalue weighted by atomic mass is 16.5. The SMILES string of the molecule is CCOc1ccc(OC(C)C(=O)N2CCN(c3cc(-n4cncn4)ncn3)CC2)cc1. The number of rotatable bonds is 7. The molecule has 0 spiro atoms. The molecule has 1 atom stereocenters. The molecule has 2 aromatic heterocycles. The Hall–Kier alpha value is -3.69. The van der Waals surface area contributed by atoms with E-state index in [-0.39, 0.29) is 5.91 Å². The summed E-state index contributed by atoms with van der Waals surface area (Å²) in [4.78, 5) is 29.3. The predicted octanol–water partition coefficient (Wildman–Crippen LogP) is 1.57. The van der Waals surface area contributed by atoms with Gasteiger partial charge in [0, 0.05) is 32.2 Å². The number of piperazine rings is 1. The number of benzene rings is 1. The number of aromatic nitrogens is 5. The van der Waals surface area contributed by atoms with Crippen molar-refractivity contribution in [3.8, 4) is 17.3 Å². The molecule has 10 heteroatoms. The second-order valence-electron chi connectivity index (χ2n) is 7.05. The van der Waals surface area contributed by atoms with Crippen molar-refractivity contribution in [1.29, 1.82) is 0 Å². The highest BCUT2D eigenvalue weighted by Crippen LogP contribution is 2.20. The Kier molecular flexibility index (Phi) is 6.25. The number of ether oxygens (including phenoxy) is 2. The summed E-state index contributed by atoms with van der Waals surface area (Å²) in [6, 6.07) is 9.17. The third-order valence-corrected chi connectivity index (χ3v) is 5.00. The molecule has 4 rings (SSSR count). The lowest BCUT2D eigenvalue weighted by atomic mass is 10.2. The molecule has 1 amide bonds. The first kappa shape index (κ1) is 20.6. The molecule has 1 fully saturated rings. The third kappa shape index (κ3) is 4.90. The minimum Gasteiger partial charge on any atom is -0.494 e. The lowest BCUT2D eigenvalue weighted by Gasteiger charge is -2.36. The first-order chi connectivity index (χ1) is 15.1. The van der Waals surface area contributed by atoms with Gasteiger partial charge in [0.15, 0.2) is 11.9 Å². The van der Waals surface area contributed by atoms with E-state index in [0.29, 0.717) is 44.4 Å². The maximum atomic E-state index is 12.8. The minimum absolute atomic E-state index is 0.0282. The summed E-state index contributed by atoms with van der Waals surface area (Å²) in [5.41, 5.74) is 0. The van der Waals surface area contributed by atoms with Gasteiger partial charge in [0.2, 0.25) is 0 Å². The second kappa shape index (κ2) is 9.41. The first-order valence-electron chi connectivity index (χ1n) is 10.2. The molecule has 1 aliphatic rings. The van der Waals surface area contributed by atoms with Crippen LogP contribution >= 0.6 is 0 Å². The van der Waals surface area contributed by atoms with Gasteiger partial charge in [-0.05, 0) is 38.1 Å². The molecule has 10 nitrogen and oxygen atoms in total. The molecule has 31 heavy (non-hydrogen) atoms. The fourth-order valence-electron chi connectivity index (χ4n) is 3.41. The van der Waals surface area contributed by atoms with Crippen LogP contribution in [0.15, 0.2) is 49.3 Å². The largest absolute Gasteiger partial charge is 0.494 e. The quantitative estimate of drug-likeness (QED) is 0.565. The smallest absolute Gasteiger partial charge is 0.263 e. The molecule has 1 unspecified atom stereocenters. The average Bonchev–Trinajstić information content (AvgIpc) is 3.35. The number of carbonyl (C=O) groups excluding carboxylic acids is 1. The monoisotopic (exact) mass is 423 g/mol. The van der Waals surface area contributed by atoms with Gasteiger partial charge < -0.3 is 19.3 Å². The molecule has 0 radical (unpaired) electrons. The van der Waals surface area contributed by atoms with Crippen molar-refractivity contribution in [3.05, 3.63) is 49.3 Å². The summed E-state index contributed by atoms with van der Waals surface area (Å²) in [6.45, 7) is 6.87. The zero-order chi connectivity index (χ0) is 21.6. The maximum absolute atomic E-state index is 12.8. The zero-order valence-corrected chi connectivity index (χ0v) is 17.6. The van der Waals surface area contributed by atoms with E-state index < -0.39 is 6.10 Å². The van der Waals surface area contributed by atoms with E-state index in [9.17, 15) is 4.79 Å². The fraction of sp³-hybridized carbons (Fsp3) is 0.381. The summed E-state index contributed by atoms with van der Waals surface area (Å²) in [5.74, 6) is 2.84. The van der Waals surface area contributed by atoms with Gasteiger partial charge in [-0.25, -0.2) is 19.6 Å². The van der Waals surface area contributed by atoms with E-state index in [4.69, 9.17) is 9.47 Å². The van der Waals surface area contributed by atoms with Gasteiger partial charge in [-0.1, -0.05) is 0 Å². The van der Waals surface area contributed by atoms with Crippen LogP contribution in [-0.2, 0) is 4.79 Å². The topological polar surface area (TPSA) is 98.5 Å². The van der Waals surface area contributed by atoms with Crippen molar-refractivity contribution in [2.45, 2.75) is 20.0 Å². The number of anilines is 1. The molecule has 0 aliphatic carbocycles. The van der Waals surface area contributed by atoms with E-state index in [0.717, 1.165) is 11.6 Å². The first-order valence-corrected chi connectivity index (χ1v) is 10.2. The van der Waals surface area contributed by atoms with Crippen LogP contribution in [0.2, 0.25) is 0 Å². The highest BCUT2D eigenvalue weighted by molar-refractivity contribution is 5.81. The minimum atomic E-state index is -0.567. The number of nitrogens with zero attached hydrogens (tertiary/aromatic N) is 7. The van der Waals surface area contributed by atoms with Gasteiger partial charge in [0.1, 0.15) is 36.3 Å². The van der Waals surface area contributed by atoms with Crippen LogP contribution in [0, 0.1) is 0 Å². The highest BCUT2D eigenvalue weighted by Gasteiger charge is 2.26. The summed E-state index contributed by atoms with van der Waals surface area (Å²) >= 11 is 0. The van der Waals surface area contributed by atoms with Gasteiger partial charge in [0.25, 0.3) is 5.91 Å². The van der Waals surface area contributed by atoms with E-state index in [1.807, 2.05) is 42.2 Å². The normalized spacial score (nSPS) is 14.9. The van der Waals surface area contributed by atoms with Crippen molar-refractivity contribution >= 4 is 11.7 Å². The fourth-order valence-corrected chi connectivity index (χ4v) is 3.41. The third-order valence-electron chi connectivity index (χ3n) is 5.00. The van der Waals surface area contributed by atoms with Crippen LogP contribution in [0.25, 0.3) is 5.82 Å². The molecule has 162 valence electrons. The summed E-state index contributed by atoms with van der Waals surface area (Å²) in [7, 11) is 0. The van der Waals surface area contributed by atoms with Gasteiger partial charge in [-0.3, -0.25) is 4.79 Å². The molecule has 0 bridgehead atoms. The van der Waals surface area contributed by atoms with E-state index >= 15 is 0 Å². The zero-order valence-electron chi connectivity index (χ0n) is 17.6. The van der Waals surface area contributed by atoms with Crippen LogP contribution in [0.5, 0.6) is 11.5 Å². The molecule has 3 heterocycles. The van der Waals surface area contributed by atoms with E-state index in [2.05, 4.69) is 25.0 Å². The van der Waals surface area contributed by atoms with Crippen molar-refractivity contribution in [3.63, 3.8) is 0 Å². The van der Waals surface area contributed by atoms with Gasteiger partial charge in [0.05, 0.1) is 6.61 Å². The molecule has 3 aromatic rings. The van der Waals surface area contributed by atoms with Gasteiger partial charge >= 0.3 is 0 Å². The molecule has 0 saturated carbocycles. The number of hydrogen-bond donors (Lipinski definition) is 0. The number of carbonyl (C=O) groups is 1. The molecule has 1 aliphatic heterocycles. The summed E-state index contributed by atoms with van der Waals surface area (Å²) < 4.78 is 12.9. The molecule has 1 saturated heterocycles. The Morgan fingerprint density at radius 3 is 2.42 bits per heavy atom. The second-order valence-corrected chi connectivity index (χ2v) is 7.05. The van der Waals surface area contributed by atoms with Crippen LogP contribution < -0.4 is 14.4 Å². The Morgan fingerprint density at radius 2 is 1.74 bits per heavy atom. The Balaban J connectivity index is 1.32. The van der Waals surface area contributed by atoms with Crippen molar-refractivity contribution in [1.82, 2.24) is 29.6 Å². The van der Waals surface area contributed by atoms with Crippen molar-refractivity contribution in [2.24, 2.45) is 0 Å². The average molecular weight is 423 g/mol. The van der Waals surface area contributed by atoms with Crippen molar-refractivity contribution in [2.75, 3.05) is 37.7 Å². The Bertz CT molecular complexity index is 986. The Morgan fingerprint density at radius 1 is 1.03 bits per heavy atom. The lowest BCUT2D eigenvalue weighted by Crippen LogP contribution is -2.52. The van der Waals surface area contributed by atoms with E-state index in [1.54, 1.807) is 17.9 Å². The lowest BCUT2D eigenvalue weighted by molar-refractivity contribution is -0.138. The summed E-state index contributed by atoms with van der Waals surface area (Å²) in [5, 5.41) is 4.10. The summed E-state index contributed by atoms with van der Waals surface area (Å²) in [6.07, 6.45) is 4.00. The number of amides is 1. The van der Waals surface area contributed by atoms with E-state index in [1.165, 1.54) is 12.7 Å². The maximum Gasteiger partial charge on any atom is 0.263 e. The molecular weight excluding hydrogens is 398 g/mol. The predicted molar refractivity (Wildman–Crippen MR) is 113 cm³/mol. The van der Waals surface area contributed by atoms with Crippen LogP contribution in [0.3, 0.4) is 0 Å². The standard InChI is InChI=1S/C21H25N7O3/c1-3-30-17-4-6-18(7-5-17)31-16(2)21(29)27-10-8-26(9-11-27)19-12-20(24-14-23-19)28-15-22-13-25-28/h4-7,12-16H,3,8-11H2,1-2H3. The van der Waals surface area contributed by atoms with Gasteiger partial charge in [-0.15, -0.1) is 0 Å². The van der Waals surface area contributed by atoms with Crippen LogP contribution in [-0.4, -0.2) is 74.4 Å².